The molecule has 72 valence electrons. The highest BCUT2D eigenvalue weighted by Crippen LogP contribution is 2.00. The summed E-state index contributed by atoms with van der Waals surface area (Å²) >= 11 is 5.90. The molecule has 0 heterocycles. The quantitative estimate of drug-likeness (QED) is 0.382. The number of aliphatic hydroxyl groups is 1. The van der Waals surface area contributed by atoms with E-state index in [0.29, 0.717) is 0 Å². The van der Waals surface area contributed by atoms with Gasteiger partial charge < -0.3 is 5.11 Å². The first-order chi connectivity index (χ1) is 5.70. The number of alkyl halides is 1. The maximum atomic E-state index is 8.67. The normalized spacial score (nSPS) is 14.8. The van der Waals surface area contributed by atoms with E-state index in [-0.39, 0.29) is 12.1 Å². The zero-order valence-electron chi connectivity index (χ0n) is 7.81. The number of aliphatic hydroxyl groups excluding tert-OH is 1. The molecule has 0 aromatic rings. The molecule has 0 aliphatic rings. The largest absolute Gasteiger partial charge is 0.392 e. The number of halogens is 1. The summed E-state index contributed by atoms with van der Waals surface area (Å²) in [6.07, 6.45) is 4.02. The van der Waals surface area contributed by atoms with Gasteiger partial charge in [0.2, 0.25) is 0 Å². The second kappa shape index (κ2) is 7.59. The van der Waals surface area contributed by atoms with Gasteiger partial charge in [0.15, 0.2) is 0 Å². The van der Waals surface area contributed by atoms with Crippen LogP contribution >= 0.6 is 11.6 Å². The lowest BCUT2D eigenvalue weighted by atomic mass is 10.3. The molecule has 0 aliphatic heterocycles. The molecule has 1 atom stereocenters. The van der Waals surface area contributed by atoms with Crippen molar-refractivity contribution in [1.82, 2.24) is 5.32 Å². The Hall–Kier alpha value is -0.0500. The van der Waals surface area contributed by atoms with Crippen LogP contribution in [-0.2, 0) is 0 Å². The second-order valence-electron chi connectivity index (χ2n) is 2.87. The molecule has 0 saturated carbocycles. The number of hydrogen-bond acceptors (Lipinski definition) is 2. The van der Waals surface area contributed by atoms with Gasteiger partial charge in [0.05, 0.1) is 12.1 Å². The zero-order chi connectivity index (χ0) is 9.40. The molecule has 12 heavy (non-hydrogen) atoms. The second-order valence-corrected chi connectivity index (χ2v) is 3.40. The fourth-order valence-electron chi connectivity index (χ4n) is 0.781. The molecule has 0 radical (unpaired) electrons. The summed E-state index contributed by atoms with van der Waals surface area (Å²) in [7, 11) is 0. The minimum atomic E-state index is 0.0535. The third-order valence-electron chi connectivity index (χ3n) is 1.58. The zero-order valence-corrected chi connectivity index (χ0v) is 8.56. The van der Waals surface area contributed by atoms with Crippen LogP contribution in [0.3, 0.4) is 0 Å². The lowest BCUT2D eigenvalue weighted by molar-refractivity contribution is 0.331. The standard InChI is InChI=1S/C9H18ClNO/c1-3-4-9(10)11-6-5-8(2)7-12/h5,9,11-12H,3-4,6-7H2,1-2H3/b8-5+. The molecule has 0 rings (SSSR count). The Morgan fingerprint density at radius 1 is 1.67 bits per heavy atom. The smallest absolute Gasteiger partial charge is 0.0827 e. The molecular formula is C9H18ClNO. The third kappa shape index (κ3) is 6.65. The summed E-state index contributed by atoms with van der Waals surface area (Å²) in [5.41, 5.74) is 1.03. The van der Waals surface area contributed by atoms with Crippen molar-refractivity contribution >= 4 is 11.6 Å². The van der Waals surface area contributed by atoms with Gasteiger partial charge >= 0.3 is 0 Å². The minimum Gasteiger partial charge on any atom is -0.392 e. The van der Waals surface area contributed by atoms with E-state index in [9.17, 15) is 0 Å². The van der Waals surface area contributed by atoms with Crippen molar-refractivity contribution in [2.75, 3.05) is 13.2 Å². The van der Waals surface area contributed by atoms with Crippen LogP contribution < -0.4 is 5.32 Å². The maximum absolute atomic E-state index is 8.67. The van der Waals surface area contributed by atoms with E-state index in [1.807, 2.05) is 13.0 Å². The molecule has 0 aliphatic carbocycles. The summed E-state index contributed by atoms with van der Waals surface area (Å²) in [6.45, 7) is 4.86. The van der Waals surface area contributed by atoms with Gasteiger partial charge in [0.25, 0.3) is 0 Å². The number of nitrogens with one attached hydrogen (secondary N) is 1. The molecular weight excluding hydrogens is 174 g/mol. The van der Waals surface area contributed by atoms with Crippen LogP contribution in [0.2, 0.25) is 0 Å². The van der Waals surface area contributed by atoms with Crippen molar-refractivity contribution < 1.29 is 5.11 Å². The van der Waals surface area contributed by atoms with Crippen molar-refractivity contribution in [3.8, 4) is 0 Å². The van der Waals surface area contributed by atoms with Gasteiger partial charge in [0.1, 0.15) is 0 Å². The van der Waals surface area contributed by atoms with E-state index in [1.165, 1.54) is 0 Å². The van der Waals surface area contributed by atoms with Gasteiger partial charge in [-0.1, -0.05) is 25.0 Å². The van der Waals surface area contributed by atoms with Gasteiger partial charge in [-0.25, -0.2) is 0 Å². The molecule has 0 saturated heterocycles. The van der Waals surface area contributed by atoms with Crippen LogP contribution in [0.4, 0.5) is 0 Å². The van der Waals surface area contributed by atoms with Crippen LogP contribution in [-0.4, -0.2) is 23.8 Å². The summed E-state index contributed by atoms with van der Waals surface area (Å²) in [5, 5.41) is 11.8. The Morgan fingerprint density at radius 2 is 2.33 bits per heavy atom. The SMILES string of the molecule is CCCC(Cl)NC/C=C(\C)CO. The molecule has 1 unspecified atom stereocenters. The molecule has 0 aromatic heterocycles. The Morgan fingerprint density at radius 3 is 2.83 bits per heavy atom. The van der Waals surface area contributed by atoms with Gasteiger partial charge in [-0.3, -0.25) is 5.32 Å². The van der Waals surface area contributed by atoms with Crippen LogP contribution in [0, 0.1) is 0 Å². The van der Waals surface area contributed by atoms with Gasteiger partial charge in [0, 0.05) is 6.54 Å². The predicted molar refractivity (Wildman–Crippen MR) is 53.4 cm³/mol. The lowest BCUT2D eigenvalue weighted by Gasteiger charge is -2.08. The van der Waals surface area contributed by atoms with E-state index in [0.717, 1.165) is 25.0 Å². The van der Waals surface area contributed by atoms with Crippen LogP contribution in [0.5, 0.6) is 0 Å². The van der Waals surface area contributed by atoms with E-state index < -0.39 is 0 Å². The van der Waals surface area contributed by atoms with E-state index in [1.54, 1.807) is 0 Å². The van der Waals surface area contributed by atoms with E-state index in [4.69, 9.17) is 16.7 Å². The summed E-state index contributed by atoms with van der Waals surface area (Å²) in [4.78, 5) is 0. The topological polar surface area (TPSA) is 32.3 Å². The monoisotopic (exact) mass is 191 g/mol. The Labute approximate surface area is 79.6 Å². The minimum absolute atomic E-state index is 0.0535. The Balaban J connectivity index is 3.41. The van der Waals surface area contributed by atoms with Crippen molar-refractivity contribution in [3.05, 3.63) is 11.6 Å². The van der Waals surface area contributed by atoms with Crippen LogP contribution in [0.15, 0.2) is 11.6 Å². The first-order valence-corrected chi connectivity index (χ1v) is 4.78. The molecule has 3 heteroatoms. The lowest BCUT2D eigenvalue weighted by Crippen LogP contribution is -2.23. The summed E-state index contributed by atoms with van der Waals surface area (Å²) in [6, 6.07) is 0. The van der Waals surface area contributed by atoms with Crippen LogP contribution in [0.25, 0.3) is 0 Å². The van der Waals surface area contributed by atoms with Gasteiger partial charge in [-0.15, -0.1) is 11.6 Å². The summed E-state index contributed by atoms with van der Waals surface area (Å²) in [5.74, 6) is 0. The first kappa shape index (κ1) is 11.9. The molecule has 0 fully saturated rings. The van der Waals surface area contributed by atoms with Crippen molar-refractivity contribution in [3.63, 3.8) is 0 Å². The van der Waals surface area contributed by atoms with Crippen molar-refractivity contribution in [1.29, 1.82) is 0 Å². The average Bonchev–Trinajstić information content (AvgIpc) is 2.04. The first-order valence-electron chi connectivity index (χ1n) is 4.34. The molecule has 0 amide bonds. The summed E-state index contributed by atoms with van der Waals surface area (Å²) < 4.78 is 0. The highest BCUT2D eigenvalue weighted by atomic mass is 35.5. The third-order valence-corrected chi connectivity index (χ3v) is 1.95. The average molecular weight is 192 g/mol. The molecule has 0 bridgehead atoms. The Kier molecular flexibility index (Phi) is 7.56. The maximum Gasteiger partial charge on any atom is 0.0827 e. The van der Waals surface area contributed by atoms with Crippen LogP contribution in [0.1, 0.15) is 26.7 Å². The number of hydrogen-bond donors (Lipinski definition) is 2. The molecule has 0 spiro atoms. The number of rotatable bonds is 6. The predicted octanol–water partition coefficient (Wildman–Crippen LogP) is 1.88. The van der Waals surface area contributed by atoms with Crippen molar-refractivity contribution in [2.24, 2.45) is 0 Å². The highest BCUT2D eigenvalue weighted by molar-refractivity contribution is 6.20. The van der Waals surface area contributed by atoms with E-state index in [2.05, 4.69) is 12.2 Å². The highest BCUT2D eigenvalue weighted by Gasteiger charge is 1.98. The molecule has 0 aromatic carbocycles. The van der Waals surface area contributed by atoms with Gasteiger partial charge in [-0.05, 0) is 13.3 Å². The molecule has 2 nitrogen and oxygen atoms in total. The Bertz CT molecular complexity index is 136. The van der Waals surface area contributed by atoms with Crippen molar-refractivity contribution in [2.45, 2.75) is 32.2 Å². The fraction of sp³-hybridized carbons (Fsp3) is 0.778. The van der Waals surface area contributed by atoms with Gasteiger partial charge in [-0.2, -0.15) is 0 Å². The fourth-order valence-corrected chi connectivity index (χ4v) is 1.09. The molecule has 2 N–H and O–H groups in total. The van der Waals surface area contributed by atoms with E-state index >= 15 is 0 Å².